The summed E-state index contributed by atoms with van der Waals surface area (Å²) >= 11 is 0. The molecule has 2 heterocycles. The van der Waals surface area contributed by atoms with Crippen molar-refractivity contribution < 1.29 is 9.59 Å². The molecule has 172 valence electrons. The molecule has 34 heavy (non-hydrogen) atoms. The molecule has 1 aliphatic heterocycles. The number of rotatable bonds is 7. The lowest BCUT2D eigenvalue weighted by atomic mass is 10.1. The summed E-state index contributed by atoms with van der Waals surface area (Å²) in [4.78, 5) is 29.3. The molecular weight excluding hydrogens is 432 g/mol. The number of nitrogens with two attached hydrogens (primary N) is 1. The smallest absolute Gasteiger partial charge is 0.288 e. The highest BCUT2D eigenvalue weighted by atomic mass is 16.2. The van der Waals surface area contributed by atoms with Gasteiger partial charge in [-0.2, -0.15) is 10.4 Å². The summed E-state index contributed by atoms with van der Waals surface area (Å²) < 4.78 is 1.55. The van der Waals surface area contributed by atoms with Crippen LogP contribution in [0.15, 0.2) is 65.7 Å². The van der Waals surface area contributed by atoms with E-state index in [0.29, 0.717) is 36.3 Å². The van der Waals surface area contributed by atoms with Gasteiger partial charge in [-0.25, -0.2) is 14.7 Å². The van der Waals surface area contributed by atoms with Crippen molar-refractivity contribution in [2.45, 2.75) is 25.8 Å². The number of hydrogen-bond acceptors (Lipinski definition) is 7. The predicted molar refractivity (Wildman–Crippen MR) is 128 cm³/mol. The lowest BCUT2D eigenvalue weighted by Crippen LogP contribution is -2.58. The van der Waals surface area contributed by atoms with Gasteiger partial charge in [0.05, 0.1) is 17.1 Å². The van der Waals surface area contributed by atoms with Crippen LogP contribution >= 0.6 is 0 Å². The van der Waals surface area contributed by atoms with Gasteiger partial charge in [-0.05, 0) is 44.0 Å². The maximum absolute atomic E-state index is 12.7. The van der Waals surface area contributed by atoms with Gasteiger partial charge in [0.15, 0.2) is 0 Å². The van der Waals surface area contributed by atoms with Crippen LogP contribution in [0.2, 0.25) is 0 Å². The molecule has 2 amide bonds. The lowest BCUT2D eigenvalue weighted by molar-refractivity contribution is -0.120. The van der Waals surface area contributed by atoms with Crippen molar-refractivity contribution in [3.8, 4) is 11.8 Å². The van der Waals surface area contributed by atoms with Crippen molar-refractivity contribution in [1.82, 2.24) is 20.5 Å². The van der Waals surface area contributed by atoms with Gasteiger partial charge in [0.2, 0.25) is 5.84 Å². The Labute approximate surface area is 196 Å². The fraction of sp³-hybridized carbons (Fsp3) is 0.208. The second kappa shape index (κ2) is 9.87. The third kappa shape index (κ3) is 4.59. The van der Waals surface area contributed by atoms with E-state index in [9.17, 15) is 14.9 Å². The molecule has 1 unspecified atom stereocenters. The van der Waals surface area contributed by atoms with E-state index >= 15 is 0 Å². The Morgan fingerprint density at radius 3 is 2.44 bits per heavy atom. The van der Waals surface area contributed by atoms with E-state index in [0.717, 1.165) is 5.69 Å². The molecule has 1 aromatic heterocycles. The number of hydrazine groups is 1. The lowest BCUT2D eigenvalue weighted by Gasteiger charge is -2.30. The van der Waals surface area contributed by atoms with Crippen molar-refractivity contribution in [1.29, 1.82) is 5.26 Å². The summed E-state index contributed by atoms with van der Waals surface area (Å²) in [5, 5.41) is 18.2. The molecule has 1 atom stereocenters. The van der Waals surface area contributed by atoms with Gasteiger partial charge < -0.3 is 11.1 Å². The molecule has 1 aliphatic rings. The first-order valence-electron chi connectivity index (χ1n) is 10.8. The Balaban J connectivity index is 1.37. The molecule has 4 rings (SSSR count). The highest BCUT2D eigenvalue weighted by Gasteiger charge is 2.30. The highest BCUT2D eigenvalue weighted by Crippen LogP contribution is 2.21. The number of nitrogens with zero attached hydrogens (tertiary/aromatic N) is 5. The van der Waals surface area contributed by atoms with Crippen LogP contribution in [-0.2, 0) is 16.0 Å². The van der Waals surface area contributed by atoms with Crippen molar-refractivity contribution >= 4 is 29.2 Å². The Morgan fingerprint density at radius 2 is 1.79 bits per heavy atom. The summed E-state index contributed by atoms with van der Waals surface area (Å²) in [6.45, 7) is 1.97. The van der Waals surface area contributed by atoms with E-state index in [1.54, 1.807) is 23.7 Å². The number of aryl methyl sites for hydroxylation is 1. The van der Waals surface area contributed by atoms with Crippen molar-refractivity contribution in [3.05, 3.63) is 71.9 Å². The molecule has 0 radical (unpaired) electrons. The zero-order valence-corrected chi connectivity index (χ0v) is 18.6. The molecule has 10 heteroatoms. The number of amidine groups is 1. The molecule has 3 aromatic rings. The summed E-state index contributed by atoms with van der Waals surface area (Å²) in [6, 6.07) is 19.8. The SMILES string of the molecule is CC1N=C(C(=O)NCCCc2nn(-c3ccccc3)c(N)c2C#N)NN(c2ccccc2)C1=O. The Morgan fingerprint density at radius 1 is 1.15 bits per heavy atom. The first-order chi connectivity index (χ1) is 16.5. The monoisotopic (exact) mass is 456 g/mol. The zero-order chi connectivity index (χ0) is 24.1. The largest absolute Gasteiger partial charge is 0.382 e. The third-order valence-electron chi connectivity index (χ3n) is 5.33. The molecular formula is C24H24N8O2. The van der Waals surface area contributed by atoms with Gasteiger partial charge in [0.1, 0.15) is 23.5 Å². The normalized spacial score (nSPS) is 15.3. The number of amides is 2. The molecule has 0 saturated carbocycles. The molecule has 0 spiro atoms. The van der Waals surface area contributed by atoms with Crippen LogP contribution in [0.4, 0.5) is 11.5 Å². The second-order valence-corrected chi connectivity index (χ2v) is 7.70. The number of aromatic nitrogens is 2. The second-order valence-electron chi connectivity index (χ2n) is 7.70. The van der Waals surface area contributed by atoms with Crippen molar-refractivity contribution in [3.63, 3.8) is 0 Å². The van der Waals surface area contributed by atoms with E-state index in [4.69, 9.17) is 5.73 Å². The highest BCUT2D eigenvalue weighted by molar-refractivity contribution is 6.39. The average molecular weight is 457 g/mol. The van der Waals surface area contributed by atoms with E-state index < -0.39 is 11.9 Å². The van der Waals surface area contributed by atoms with Crippen molar-refractivity contribution in [2.75, 3.05) is 17.3 Å². The van der Waals surface area contributed by atoms with E-state index in [1.807, 2.05) is 48.5 Å². The maximum atomic E-state index is 12.7. The van der Waals surface area contributed by atoms with Crippen LogP contribution in [-0.4, -0.2) is 40.0 Å². The van der Waals surface area contributed by atoms with Gasteiger partial charge >= 0.3 is 0 Å². The van der Waals surface area contributed by atoms with Gasteiger partial charge in [-0.3, -0.25) is 15.0 Å². The minimum Gasteiger partial charge on any atom is -0.382 e. The number of carbonyl (C=O) groups excluding carboxylic acids is 2. The van der Waals surface area contributed by atoms with Crippen LogP contribution < -0.4 is 21.5 Å². The number of para-hydroxylation sites is 2. The molecule has 0 aliphatic carbocycles. The number of hydrogen-bond donors (Lipinski definition) is 3. The maximum Gasteiger partial charge on any atom is 0.288 e. The first-order valence-corrected chi connectivity index (χ1v) is 10.8. The first kappa shape index (κ1) is 22.5. The summed E-state index contributed by atoms with van der Waals surface area (Å²) in [7, 11) is 0. The van der Waals surface area contributed by atoms with Gasteiger partial charge in [0.25, 0.3) is 11.8 Å². The van der Waals surface area contributed by atoms with E-state index in [1.165, 1.54) is 5.01 Å². The van der Waals surface area contributed by atoms with Crippen LogP contribution in [0.3, 0.4) is 0 Å². The van der Waals surface area contributed by atoms with Crippen molar-refractivity contribution in [2.24, 2.45) is 4.99 Å². The molecule has 10 nitrogen and oxygen atoms in total. The number of nitriles is 1. The molecule has 0 saturated heterocycles. The minimum atomic E-state index is -0.690. The van der Waals surface area contributed by atoms with E-state index in [-0.39, 0.29) is 17.6 Å². The third-order valence-corrected chi connectivity index (χ3v) is 5.33. The number of anilines is 2. The molecule has 2 aromatic carbocycles. The topological polar surface area (TPSA) is 141 Å². The predicted octanol–water partition coefficient (Wildman–Crippen LogP) is 1.71. The van der Waals surface area contributed by atoms with Crippen LogP contribution in [0, 0.1) is 11.3 Å². The summed E-state index contributed by atoms with van der Waals surface area (Å²) in [5.74, 6) is -0.326. The van der Waals surface area contributed by atoms with Crippen LogP contribution in [0.5, 0.6) is 0 Å². The standard InChI is InChI=1S/C24H24N8O2/c1-16-24(34)32(18-11-6-3-7-12-18)30-22(28-16)23(33)27-14-8-13-20-19(15-25)21(26)31(29-20)17-9-4-2-5-10-17/h2-7,9-12,16H,8,13-14,26H2,1H3,(H,27,33)(H,28,30). The Bertz CT molecular complexity index is 1260. The van der Waals surface area contributed by atoms with E-state index in [2.05, 4.69) is 26.9 Å². The van der Waals surface area contributed by atoms with Gasteiger partial charge in [-0.15, -0.1) is 0 Å². The Hall–Kier alpha value is -4.65. The van der Waals surface area contributed by atoms with Gasteiger partial charge in [-0.1, -0.05) is 36.4 Å². The van der Waals surface area contributed by atoms with Gasteiger partial charge in [0, 0.05) is 6.54 Å². The molecule has 0 bridgehead atoms. The quantitative estimate of drug-likeness (QED) is 0.462. The number of nitrogen functional groups attached to an aromatic ring is 1. The summed E-state index contributed by atoms with van der Waals surface area (Å²) in [5.41, 5.74) is 11.2. The fourth-order valence-electron chi connectivity index (χ4n) is 3.59. The molecule has 4 N–H and O–H groups in total. The van der Waals surface area contributed by atoms with Crippen LogP contribution in [0.25, 0.3) is 5.69 Å². The number of nitrogens with one attached hydrogen (secondary N) is 2. The fourth-order valence-corrected chi connectivity index (χ4v) is 3.59. The number of benzene rings is 2. The minimum absolute atomic E-state index is 0.0614. The zero-order valence-electron chi connectivity index (χ0n) is 18.6. The Kier molecular flexibility index (Phi) is 6.54. The number of carbonyl (C=O) groups is 2. The molecule has 0 fully saturated rings. The van der Waals surface area contributed by atoms with Crippen LogP contribution in [0.1, 0.15) is 24.6 Å². The summed E-state index contributed by atoms with van der Waals surface area (Å²) in [6.07, 6.45) is 0.994. The average Bonchev–Trinajstić information content (AvgIpc) is 3.19. The number of aliphatic imine (C=N–C) groups is 1.